The Bertz CT molecular complexity index is 967. The van der Waals surface area contributed by atoms with E-state index in [9.17, 15) is 8.42 Å². The molecule has 3 aromatic rings. The molecule has 0 atom stereocenters. The van der Waals surface area contributed by atoms with Crippen LogP contribution in [0.15, 0.2) is 69.3 Å². The number of rotatable bonds is 8. The van der Waals surface area contributed by atoms with Gasteiger partial charge in [-0.2, -0.15) is 4.31 Å². The van der Waals surface area contributed by atoms with Gasteiger partial charge in [-0.15, -0.1) is 0 Å². The smallest absolute Gasteiger partial charge is 0.244 e. The van der Waals surface area contributed by atoms with E-state index in [1.165, 1.54) is 22.3 Å². The zero-order valence-electron chi connectivity index (χ0n) is 15.2. The standard InChI is InChI=1S/C19H21N3O3S2/c1-3-22(4-2)27(23,24)17-10-11-18(20-12-17)26-14-16-13-25-19(21-16)15-8-6-5-7-9-15/h5-13H,3-4,14H2,1-2H3. The van der Waals surface area contributed by atoms with Crippen molar-refractivity contribution < 1.29 is 12.8 Å². The minimum absolute atomic E-state index is 0.211. The van der Waals surface area contributed by atoms with Crippen LogP contribution in [0.4, 0.5) is 0 Å². The number of hydrogen-bond donors (Lipinski definition) is 0. The normalized spacial score (nSPS) is 11.8. The van der Waals surface area contributed by atoms with E-state index in [1.54, 1.807) is 18.4 Å². The van der Waals surface area contributed by atoms with Crippen molar-refractivity contribution in [3.05, 3.63) is 60.6 Å². The highest BCUT2D eigenvalue weighted by Gasteiger charge is 2.21. The van der Waals surface area contributed by atoms with E-state index < -0.39 is 10.0 Å². The van der Waals surface area contributed by atoms with Crippen LogP contribution in [0.3, 0.4) is 0 Å². The van der Waals surface area contributed by atoms with E-state index in [2.05, 4.69) is 9.97 Å². The number of pyridine rings is 1. The van der Waals surface area contributed by atoms with Crippen LogP contribution in [0.5, 0.6) is 0 Å². The molecule has 0 saturated heterocycles. The Balaban J connectivity index is 1.65. The van der Waals surface area contributed by atoms with Crippen LogP contribution in [0.2, 0.25) is 0 Å². The predicted molar refractivity (Wildman–Crippen MR) is 106 cm³/mol. The quantitative estimate of drug-likeness (QED) is 0.528. The molecular weight excluding hydrogens is 382 g/mol. The fourth-order valence-electron chi connectivity index (χ4n) is 2.55. The van der Waals surface area contributed by atoms with Crippen molar-refractivity contribution in [3.8, 4) is 11.5 Å². The number of sulfonamides is 1. The molecule has 0 aliphatic heterocycles. The van der Waals surface area contributed by atoms with Crippen LogP contribution in [-0.4, -0.2) is 35.8 Å². The third-order valence-electron chi connectivity index (χ3n) is 3.99. The van der Waals surface area contributed by atoms with Gasteiger partial charge in [-0.05, 0) is 24.3 Å². The summed E-state index contributed by atoms with van der Waals surface area (Å²) >= 11 is 1.48. The molecule has 0 radical (unpaired) electrons. The summed E-state index contributed by atoms with van der Waals surface area (Å²) in [5.74, 6) is 1.17. The van der Waals surface area contributed by atoms with Gasteiger partial charge in [0.25, 0.3) is 0 Å². The average molecular weight is 404 g/mol. The summed E-state index contributed by atoms with van der Waals surface area (Å²) in [5, 5.41) is 0.734. The summed E-state index contributed by atoms with van der Waals surface area (Å²) < 4.78 is 31.9. The maximum atomic E-state index is 12.5. The van der Waals surface area contributed by atoms with Crippen LogP contribution >= 0.6 is 11.8 Å². The first-order chi connectivity index (χ1) is 13.0. The molecule has 0 N–H and O–H groups in total. The number of oxazole rings is 1. The van der Waals surface area contributed by atoms with Gasteiger partial charge in [-0.25, -0.2) is 18.4 Å². The number of thioether (sulfide) groups is 1. The van der Waals surface area contributed by atoms with Crippen LogP contribution < -0.4 is 0 Å². The molecule has 0 amide bonds. The molecule has 6 nitrogen and oxygen atoms in total. The second-order valence-corrected chi connectivity index (χ2v) is 8.65. The predicted octanol–water partition coefficient (Wildman–Crippen LogP) is 4.06. The molecule has 0 spiro atoms. The highest BCUT2D eigenvalue weighted by atomic mass is 32.2. The second-order valence-electron chi connectivity index (χ2n) is 5.72. The Labute approximate surface area is 163 Å². The third-order valence-corrected chi connectivity index (χ3v) is 7.00. The van der Waals surface area contributed by atoms with E-state index >= 15 is 0 Å². The molecular formula is C19H21N3O3S2. The Morgan fingerprint density at radius 1 is 1.07 bits per heavy atom. The van der Waals surface area contributed by atoms with Gasteiger partial charge in [-0.3, -0.25) is 0 Å². The fraction of sp³-hybridized carbons (Fsp3) is 0.263. The van der Waals surface area contributed by atoms with Gasteiger partial charge in [0.2, 0.25) is 15.9 Å². The topological polar surface area (TPSA) is 76.3 Å². The van der Waals surface area contributed by atoms with Gasteiger partial charge in [0, 0.05) is 30.6 Å². The lowest BCUT2D eigenvalue weighted by molar-refractivity contribution is 0.445. The lowest BCUT2D eigenvalue weighted by Gasteiger charge is -2.18. The highest BCUT2D eigenvalue weighted by molar-refractivity contribution is 7.98. The SMILES string of the molecule is CCN(CC)S(=O)(=O)c1ccc(SCc2coc(-c3ccccc3)n2)nc1. The second kappa shape index (κ2) is 8.69. The van der Waals surface area contributed by atoms with Crippen molar-refractivity contribution >= 4 is 21.8 Å². The van der Waals surface area contributed by atoms with Crippen molar-refractivity contribution in [1.82, 2.24) is 14.3 Å². The summed E-state index contributed by atoms with van der Waals surface area (Å²) in [7, 11) is -3.48. The van der Waals surface area contributed by atoms with Crippen molar-refractivity contribution in [3.63, 3.8) is 0 Å². The lowest BCUT2D eigenvalue weighted by Crippen LogP contribution is -2.30. The molecule has 0 bridgehead atoms. The zero-order chi connectivity index (χ0) is 19.3. The largest absolute Gasteiger partial charge is 0.444 e. The van der Waals surface area contributed by atoms with Gasteiger partial charge < -0.3 is 4.42 Å². The number of hydrogen-bond acceptors (Lipinski definition) is 6. The number of benzene rings is 1. The molecule has 1 aromatic carbocycles. The van der Waals surface area contributed by atoms with E-state index in [0.717, 1.165) is 16.3 Å². The van der Waals surface area contributed by atoms with E-state index in [-0.39, 0.29) is 4.90 Å². The minimum Gasteiger partial charge on any atom is -0.444 e. The molecule has 8 heteroatoms. The molecule has 0 aliphatic rings. The number of nitrogens with zero attached hydrogens (tertiary/aromatic N) is 3. The van der Waals surface area contributed by atoms with Gasteiger partial charge >= 0.3 is 0 Å². The van der Waals surface area contributed by atoms with Crippen LogP contribution in [-0.2, 0) is 15.8 Å². The fourth-order valence-corrected chi connectivity index (χ4v) is 4.68. The Hall–Kier alpha value is -2.16. The number of aromatic nitrogens is 2. The first kappa shape index (κ1) is 19.6. The Morgan fingerprint density at radius 3 is 2.44 bits per heavy atom. The van der Waals surface area contributed by atoms with Gasteiger partial charge in [0.1, 0.15) is 11.2 Å². The van der Waals surface area contributed by atoms with Crippen molar-refractivity contribution in [1.29, 1.82) is 0 Å². The molecule has 0 aliphatic carbocycles. The first-order valence-electron chi connectivity index (χ1n) is 8.63. The zero-order valence-corrected chi connectivity index (χ0v) is 16.8. The molecule has 0 unspecified atom stereocenters. The average Bonchev–Trinajstić information content (AvgIpc) is 3.17. The van der Waals surface area contributed by atoms with E-state index in [0.29, 0.717) is 24.7 Å². The third kappa shape index (κ3) is 4.58. The Morgan fingerprint density at radius 2 is 1.81 bits per heavy atom. The van der Waals surface area contributed by atoms with Crippen LogP contribution in [0, 0.1) is 0 Å². The molecule has 0 saturated carbocycles. The maximum Gasteiger partial charge on any atom is 0.244 e. The highest BCUT2D eigenvalue weighted by Crippen LogP contribution is 2.25. The Kier molecular flexibility index (Phi) is 6.30. The minimum atomic E-state index is -3.48. The summed E-state index contributed by atoms with van der Waals surface area (Å²) in [6.45, 7) is 4.51. The monoisotopic (exact) mass is 403 g/mol. The van der Waals surface area contributed by atoms with Crippen molar-refractivity contribution in [2.75, 3.05) is 13.1 Å². The van der Waals surface area contributed by atoms with Crippen LogP contribution in [0.1, 0.15) is 19.5 Å². The van der Waals surface area contributed by atoms with E-state index in [1.807, 2.05) is 44.2 Å². The first-order valence-corrected chi connectivity index (χ1v) is 11.1. The molecule has 3 rings (SSSR count). The van der Waals surface area contributed by atoms with Gasteiger partial charge in [0.05, 0.1) is 10.7 Å². The molecule has 142 valence electrons. The summed E-state index contributed by atoms with van der Waals surface area (Å²) in [6.07, 6.45) is 3.04. The van der Waals surface area contributed by atoms with Crippen molar-refractivity contribution in [2.24, 2.45) is 0 Å². The molecule has 0 fully saturated rings. The molecule has 27 heavy (non-hydrogen) atoms. The van der Waals surface area contributed by atoms with Gasteiger partial charge in [-0.1, -0.05) is 43.8 Å². The van der Waals surface area contributed by atoms with Crippen molar-refractivity contribution in [2.45, 2.75) is 29.5 Å². The van der Waals surface area contributed by atoms with Gasteiger partial charge in [0.15, 0.2) is 0 Å². The lowest BCUT2D eigenvalue weighted by atomic mass is 10.2. The molecule has 2 heterocycles. The summed E-state index contributed by atoms with van der Waals surface area (Å²) in [4.78, 5) is 8.97. The summed E-state index contributed by atoms with van der Waals surface area (Å²) in [6, 6.07) is 13.0. The van der Waals surface area contributed by atoms with Crippen LogP contribution in [0.25, 0.3) is 11.5 Å². The maximum absolute atomic E-state index is 12.5. The molecule has 2 aromatic heterocycles. The van der Waals surface area contributed by atoms with E-state index in [4.69, 9.17) is 4.42 Å². The summed E-state index contributed by atoms with van der Waals surface area (Å²) in [5.41, 5.74) is 1.73.